The van der Waals surface area contributed by atoms with Crippen molar-refractivity contribution in [3.8, 4) is 11.8 Å². The fourth-order valence-corrected chi connectivity index (χ4v) is 1.59. The largest absolute Gasteiger partial charge is 0.479 e. The van der Waals surface area contributed by atoms with Gasteiger partial charge in [-0.05, 0) is 44.5 Å². The second-order valence-corrected chi connectivity index (χ2v) is 4.33. The minimum Gasteiger partial charge on any atom is -0.479 e. The van der Waals surface area contributed by atoms with E-state index in [2.05, 4.69) is 12.2 Å². The smallest absolute Gasteiger partial charge is 0.174 e. The van der Waals surface area contributed by atoms with Crippen LogP contribution in [0.5, 0.6) is 5.75 Å². The van der Waals surface area contributed by atoms with Crippen LogP contribution in [-0.4, -0.2) is 24.4 Å². The number of aliphatic hydroxyl groups excluding tert-OH is 1. The van der Waals surface area contributed by atoms with E-state index in [1.54, 1.807) is 6.92 Å². The van der Waals surface area contributed by atoms with E-state index in [4.69, 9.17) is 10.00 Å². The predicted molar refractivity (Wildman–Crippen MR) is 70.3 cm³/mol. The molecular weight excluding hydrogens is 228 g/mol. The lowest BCUT2D eigenvalue weighted by Crippen LogP contribution is -2.22. The summed E-state index contributed by atoms with van der Waals surface area (Å²) < 4.78 is 5.19. The van der Waals surface area contributed by atoms with E-state index in [1.165, 1.54) is 0 Å². The Labute approximate surface area is 108 Å². The normalized spacial score (nSPS) is 13.7. The van der Waals surface area contributed by atoms with Gasteiger partial charge in [0.2, 0.25) is 0 Å². The molecule has 0 aliphatic rings. The van der Waals surface area contributed by atoms with Crippen LogP contribution in [0.25, 0.3) is 0 Å². The summed E-state index contributed by atoms with van der Waals surface area (Å²) in [6.07, 6.45) is 0.472. The van der Waals surface area contributed by atoms with Crippen LogP contribution in [0.2, 0.25) is 0 Å². The average molecular weight is 248 g/mol. The zero-order valence-electron chi connectivity index (χ0n) is 10.9. The van der Waals surface area contributed by atoms with E-state index in [1.807, 2.05) is 30.3 Å². The third-order valence-corrected chi connectivity index (χ3v) is 2.70. The van der Waals surface area contributed by atoms with Gasteiger partial charge in [0.1, 0.15) is 11.8 Å². The number of benzene rings is 1. The molecule has 2 N–H and O–H groups in total. The molecule has 0 fully saturated rings. The second-order valence-electron chi connectivity index (χ2n) is 4.33. The van der Waals surface area contributed by atoms with Gasteiger partial charge in [-0.15, -0.1) is 0 Å². The topological polar surface area (TPSA) is 65.3 Å². The highest BCUT2D eigenvalue weighted by molar-refractivity contribution is 5.29. The second kappa shape index (κ2) is 7.70. The number of hydrogen-bond donors (Lipinski definition) is 2. The standard InChI is InChI=1S/C14H20N2O2/c1-11(17)7-9-16-12(2)13-3-5-14(6-4-13)18-10-8-15/h3-6,11-12,16-17H,7,9-10H2,1-2H3. The first-order chi connectivity index (χ1) is 8.63. The molecule has 1 aromatic rings. The Bertz CT molecular complexity index is 382. The van der Waals surface area contributed by atoms with Gasteiger partial charge in [0.25, 0.3) is 0 Å². The summed E-state index contributed by atoms with van der Waals surface area (Å²) in [4.78, 5) is 0. The Balaban J connectivity index is 2.43. The van der Waals surface area contributed by atoms with Gasteiger partial charge in [-0.3, -0.25) is 0 Å². The van der Waals surface area contributed by atoms with Crippen molar-refractivity contribution >= 4 is 0 Å². The third kappa shape index (κ3) is 5.17. The van der Waals surface area contributed by atoms with Crippen LogP contribution in [0, 0.1) is 11.3 Å². The van der Waals surface area contributed by atoms with Crippen molar-refractivity contribution in [1.29, 1.82) is 5.26 Å². The molecule has 1 rings (SSSR count). The van der Waals surface area contributed by atoms with E-state index in [9.17, 15) is 5.11 Å². The van der Waals surface area contributed by atoms with Crippen LogP contribution >= 0.6 is 0 Å². The zero-order chi connectivity index (χ0) is 13.4. The zero-order valence-corrected chi connectivity index (χ0v) is 10.9. The number of hydrogen-bond acceptors (Lipinski definition) is 4. The summed E-state index contributed by atoms with van der Waals surface area (Å²) >= 11 is 0. The summed E-state index contributed by atoms with van der Waals surface area (Å²) in [6, 6.07) is 9.84. The Hall–Kier alpha value is -1.57. The van der Waals surface area contributed by atoms with Gasteiger partial charge >= 0.3 is 0 Å². The minimum absolute atomic E-state index is 0.0710. The van der Waals surface area contributed by atoms with Crippen LogP contribution in [0.1, 0.15) is 31.9 Å². The molecule has 4 nitrogen and oxygen atoms in total. The van der Waals surface area contributed by atoms with Gasteiger partial charge in [0.05, 0.1) is 6.10 Å². The van der Waals surface area contributed by atoms with Crippen LogP contribution < -0.4 is 10.1 Å². The first kappa shape index (κ1) is 14.5. The highest BCUT2D eigenvalue weighted by Crippen LogP contribution is 2.17. The van der Waals surface area contributed by atoms with E-state index < -0.39 is 0 Å². The average Bonchev–Trinajstić information content (AvgIpc) is 2.36. The van der Waals surface area contributed by atoms with Crippen molar-refractivity contribution in [3.63, 3.8) is 0 Å². The van der Waals surface area contributed by atoms with Crippen LogP contribution in [0.3, 0.4) is 0 Å². The molecule has 98 valence electrons. The lowest BCUT2D eigenvalue weighted by Gasteiger charge is -2.15. The van der Waals surface area contributed by atoms with E-state index >= 15 is 0 Å². The van der Waals surface area contributed by atoms with Gasteiger partial charge in [-0.2, -0.15) is 5.26 Å². The van der Waals surface area contributed by atoms with Crippen LogP contribution in [-0.2, 0) is 0 Å². The monoisotopic (exact) mass is 248 g/mol. The molecule has 0 amide bonds. The molecule has 4 heteroatoms. The van der Waals surface area contributed by atoms with Crippen LogP contribution in [0.15, 0.2) is 24.3 Å². The predicted octanol–water partition coefficient (Wildman–Crippen LogP) is 2.01. The van der Waals surface area contributed by atoms with Crippen molar-refractivity contribution in [1.82, 2.24) is 5.32 Å². The van der Waals surface area contributed by atoms with Crippen molar-refractivity contribution in [3.05, 3.63) is 29.8 Å². The lowest BCUT2D eigenvalue weighted by molar-refractivity contribution is 0.182. The van der Waals surface area contributed by atoms with E-state index in [0.717, 1.165) is 18.5 Å². The van der Waals surface area contributed by atoms with Gasteiger partial charge in [-0.1, -0.05) is 12.1 Å². The summed E-state index contributed by atoms with van der Waals surface area (Å²) in [5.74, 6) is 0.705. The minimum atomic E-state index is -0.272. The summed E-state index contributed by atoms with van der Waals surface area (Å²) in [6.45, 7) is 4.72. The molecule has 2 atom stereocenters. The molecule has 0 spiro atoms. The molecule has 0 radical (unpaired) electrons. The van der Waals surface area contributed by atoms with E-state index in [0.29, 0.717) is 5.75 Å². The van der Waals surface area contributed by atoms with Gasteiger partial charge < -0.3 is 15.2 Å². The Morgan fingerprint density at radius 1 is 1.33 bits per heavy atom. The molecule has 0 aromatic heterocycles. The number of nitriles is 1. The van der Waals surface area contributed by atoms with Crippen LogP contribution in [0.4, 0.5) is 0 Å². The summed E-state index contributed by atoms with van der Waals surface area (Å²) in [5.41, 5.74) is 1.16. The van der Waals surface area contributed by atoms with Crippen molar-refractivity contribution < 1.29 is 9.84 Å². The fourth-order valence-electron chi connectivity index (χ4n) is 1.59. The molecule has 2 unspecified atom stereocenters. The Kier molecular flexibility index (Phi) is 6.20. The fraction of sp³-hybridized carbons (Fsp3) is 0.500. The molecule has 0 saturated heterocycles. The molecule has 0 aliphatic heterocycles. The maximum absolute atomic E-state index is 9.17. The lowest BCUT2D eigenvalue weighted by atomic mass is 10.1. The van der Waals surface area contributed by atoms with Crippen molar-refractivity contribution in [2.45, 2.75) is 32.4 Å². The van der Waals surface area contributed by atoms with E-state index in [-0.39, 0.29) is 18.8 Å². The molecule has 0 aliphatic carbocycles. The molecule has 0 bridgehead atoms. The quantitative estimate of drug-likeness (QED) is 0.774. The number of aliphatic hydroxyl groups is 1. The molecular formula is C14H20N2O2. The van der Waals surface area contributed by atoms with Gasteiger partial charge in [0, 0.05) is 6.04 Å². The maximum Gasteiger partial charge on any atom is 0.174 e. The molecule has 0 heterocycles. The summed E-state index contributed by atoms with van der Waals surface area (Å²) in [7, 11) is 0. The third-order valence-electron chi connectivity index (χ3n) is 2.70. The SMILES string of the molecule is CC(O)CCNC(C)c1ccc(OCC#N)cc1. The van der Waals surface area contributed by atoms with Crippen molar-refractivity contribution in [2.75, 3.05) is 13.2 Å². The van der Waals surface area contributed by atoms with Gasteiger partial charge in [-0.25, -0.2) is 0 Å². The van der Waals surface area contributed by atoms with Gasteiger partial charge in [0.15, 0.2) is 6.61 Å². The number of ether oxygens (including phenoxy) is 1. The highest BCUT2D eigenvalue weighted by atomic mass is 16.5. The maximum atomic E-state index is 9.17. The summed E-state index contributed by atoms with van der Waals surface area (Å²) in [5, 5.41) is 20.9. The Morgan fingerprint density at radius 2 is 2.00 bits per heavy atom. The van der Waals surface area contributed by atoms with Crippen molar-refractivity contribution in [2.24, 2.45) is 0 Å². The molecule has 1 aromatic carbocycles. The Morgan fingerprint density at radius 3 is 2.56 bits per heavy atom. The molecule has 18 heavy (non-hydrogen) atoms. The molecule has 0 saturated carbocycles. The first-order valence-corrected chi connectivity index (χ1v) is 6.14. The number of nitrogens with one attached hydrogen (secondary N) is 1. The number of nitrogens with zero attached hydrogens (tertiary/aromatic N) is 1. The highest BCUT2D eigenvalue weighted by Gasteiger charge is 2.05. The first-order valence-electron chi connectivity index (χ1n) is 6.14. The number of rotatable bonds is 7.